The number of fused-ring (bicyclic) bond motifs is 1. The van der Waals surface area contributed by atoms with Crippen molar-refractivity contribution in [3.8, 4) is 11.5 Å². The molecule has 26 heavy (non-hydrogen) atoms. The molecule has 6 heteroatoms. The summed E-state index contributed by atoms with van der Waals surface area (Å²) in [5, 5.41) is 3.43. The smallest absolute Gasteiger partial charge is 0.339 e. The van der Waals surface area contributed by atoms with Crippen molar-refractivity contribution in [2.24, 2.45) is 0 Å². The van der Waals surface area contributed by atoms with Crippen LogP contribution in [0.15, 0.2) is 53.1 Å². The molecule has 0 aliphatic heterocycles. The molecule has 0 saturated carbocycles. The number of ether oxygens (including phenoxy) is 1. The Kier molecular flexibility index (Phi) is 5.31. The standard InChI is InChI=1S/C20H20N2O4/c1-3-13(2)21-19(23)12-26-20(24)15-11-17(18-9-6-10-25-18)22-16-8-5-4-7-14(15)16/h4-11,13H,3,12H2,1-2H3,(H,21,23)/t13-/m0/s1. The van der Waals surface area contributed by atoms with Crippen molar-refractivity contribution < 1.29 is 18.7 Å². The quantitative estimate of drug-likeness (QED) is 0.686. The Hall–Kier alpha value is -3.15. The Labute approximate surface area is 151 Å². The van der Waals surface area contributed by atoms with Gasteiger partial charge in [-0.2, -0.15) is 0 Å². The average molecular weight is 352 g/mol. The Morgan fingerprint density at radius 3 is 2.77 bits per heavy atom. The molecule has 0 aliphatic rings. The van der Waals surface area contributed by atoms with Crippen molar-refractivity contribution in [3.05, 3.63) is 54.3 Å². The summed E-state index contributed by atoms with van der Waals surface area (Å²) in [7, 11) is 0. The van der Waals surface area contributed by atoms with Gasteiger partial charge in [-0.1, -0.05) is 25.1 Å². The van der Waals surface area contributed by atoms with Gasteiger partial charge >= 0.3 is 5.97 Å². The van der Waals surface area contributed by atoms with Crippen molar-refractivity contribution in [1.82, 2.24) is 10.3 Å². The lowest BCUT2D eigenvalue weighted by Gasteiger charge is -2.12. The molecule has 1 N–H and O–H groups in total. The molecule has 2 heterocycles. The minimum Gasteiger partial charge on any atom is -0.463 e. The second-order valence-electron chi connectivity index (χ2n) is 6.00. The Morgan fingerprint density at radius 2 is 2.04 bits per heavy atom. The van der Waals surface area contributed by atoms with Gasteiger partial charge in [0.15, 0.2) is 12.4 Å². The number of para-hydroxylation sites is 1. The minimum atomic E-state index is -0.573. The number of furan rings is 1. The normalized spacial score (nSPS) is 11.9. The molecule has 1 atom stereocenters. The topological polar surface area (TPSA) is 81.4 Å². The highest BCUT2D eigenvalue weighted by molar-refractivity contribution is 6.05. The monoisotopic (exact) mass is 352 g/mol. The lowest BCUT2D eigenvalue weighted by atomic mass is 10.1. The number of hydrogen-bond donors (Lipinski definition) is 1. The van der Waals surface area contributed by atoms with Gasteiger partial charge in [-0.25, -0.2) is 9.78 Å². The number of carbonyl (C=O) groups is 2. The molecule has 1 amide bonds. The van der Waals surface area contributed by atoms with Crippen molar-refractivity contribution in [1.29, 1.82) is 0 Å². The maximum atomic E-state index is 12.6. The highest BCUT2D eigenvalue weighted by Gasteiger charge is 2.17. The zero-order chi connectivity index (χ0) is 18.5. The molecule has 0 bridgehead atoms. The van der Waals surface area contributed by atoms with Crippen LogP contribution < -0.4 is 5.32 Å². The van der Waals surface area contributed by atoms with Crippen molar-refractivity contribution in [3.63, 3.8) is 0 Å². The number of amides is 1. The molecule has 3 rings (SSSR count). The van der Waals surface area contributed by atoms with Crippen LogP contribution in [0.3, 0.4) is 0 Å². The number of nitrogens with one attached hydrogen (secondary N) is 1. The van der Waals surface area contributed by atoms with Crippen LogP contribution in [-0.2, 0) is 9.53 Å². The number of pyridine rings is 1. The maximum Gasteiger partial charge on any atom is 0.339 e. The molecule has 1 aromatic carbocycles. The van der Waals surface area contributed by atoms with Gasteiger partial charge in [-0.3, -0.25) is 4.79 Å². The fourth-order valence-corrected chi connectivity index (χ4v) is 2.52. The Morgan fingerprint density at radius 1 is 1.23 bits per heavy atom. The summed E-state index contributed by atoms with van der Waals surface area (Å²) in [6.45, 7) is 3.54. The average Bonchev–Trinajstić information content (AvgIpc) is 3.20. The van der Waals surface area contributed by atoms with Gasteiger partial charge in [0, 0.05) is 11.4 Å². The molecular formula is C20H20N2O4. The summed E-state index contributed by atoms with van der Waals surface area (Å²) < 4.78 is 10.6. The maximum absolute atomic E-state index is 12.6. The fraction of sp³-hybridized carbons (Fsp3) is 0.250. The summed E-state index contributed by atoms with van der Waals surface area (Å²) in [5.41, 5.74) is 1.53. The third kappa shape index (κ3) is 3.91. The molecule has 0 radical (unpaired) electrons. The van der Waals surface area contributed by atoms with Crippen LogP contribution in [0.1, 0.15) is 30.6 Å². The number of aromatic nitrogens is 1. The van der Waals surface area contributed by atoms with E-state index >= 15 is 0 Å². The first-order valence-electron chi connectivity index (χ1n) is 8.48. The largest absolute Gasteiger partial charge is 0.463 e. The second-order valence-corrected chi connectivity index (χ2v) is 6.00. The highest BCUT2D eigenvalue weighted by atomic mass is 16.5. The lowest BCUT2D eigenvalue weighted by molar-refractivity contribution is -0.124. The first-order chi connectivity index (χ1) is 12.6. The van der Waals surface area contributed by atoms with Gasteiger partial charge in [0.25, 0.3) is 5.91 Å². The van der Waals surface area contributed by atoms with Gasteiger partial charge < -0.3 is 14.5 Å². The summed E-state index contributed by atoms with van der Waals surface area (Å²) in [6, 6.07) is 12.5. The number of carbonyl (C=O) groups excluding carboxylic acids is 2. The van der Waals surface area contributed by atoms with E-state index in [1.165, 1.54) is 0 Å². The first kappa shape index (κ1) is 17.7. The number of nitrogens with zero attached hydrogens (tertiary/aromatic N) is 1. The summed E-state index contributed by atoms with van der Waals surface area (Å²) in [5.74, 6) is -0.340. The molecule has 134 valence electrons. The van der Waals surface area contributed by atoms with Gasteiger partial charge in [-0.05, 0) is 37.6 Å². The van der Waals surface area contributed by atoms with Crippen molar-refractivity contribution in [2.75, 3.05) is 6.61 Å². The summed E-state index contributed by atoms with van der Waals surface area (Å²) >= 11 is 0. The van der Waals surface area contributed by atoms with Crippen molar-refractivity contribution >= 4 is 22.8 Å². The predicted octanol–water partition coefficient (Wildman–Crippen LogP) is 3.57. The molecule has 0 aliphatic carbocycles. The fourth-order valence-electron chi connectivity index (χ4n) is 2.52. The van der Waals surface area contributed by atoms with Gasteiger partial charge in [0.05, 0.1) is 17.3 Å². The second kappa shape index (κ2) is 7.82. The first-order valence-corrected chi connectivity index (χ1v) is 8.48. The predicted molar refractivity (Wildman–Crippen MR) is 97.6 cm³/mol. The molecule has 2 aromatic heterocycles. The molecule has 0 unspecified atom stereocenters. The van der Waals surface area contributed by atoms with Gasteiger partial charge in [0.1, 0.15) is 5.69 Å². The number of benzene rings is 1. The van der Waals surface area contributed by atoms with Crippen molar-refractivity contribution in [2.45, 2.75) is 26.3 Å². The molecule has 0 spiro atoms. The molecule has 6 nitrogen and oxygen atoms in total. The van der Waals surface area contributed by atoms with Crippen LogP contribution in [0.4, 0.5) is 0 Å². The van der Waals surface area contributed by atoms with Crippen LogP contribution in [0, 0.1) is 0 Å². The Bertz CT molecular complexity index is 919. The number of rotatable bonds is 6. The number of hydrogen-bond acceptors (Lipinski definition) is 5. The van der Waals surface area contributed by atoms with E-state index in [9.17, 15) is 9.59 Å². The van der Waals surface area contributed by atoms with E-state index in [0.29, 0.717) is 27.9 Å². The third-order valence-corrected chi connectivity index (χ3v) is 4.06. The van der Waals surface area contributed by atoms with Crippen LogP contribution in [-0.4, -0.2) is 29.5 Å². The molecular weight excluding hydrogens is 332 g/mol. The minimum absolute atomic E-state index is 0.0357. The van der Waals surface area contributed by atoms with E-state index in [1.807, 2.05) is 32.0 Å². The van der Waals surface area contributed by atoms with Crippen LogP contribution in [0.2, 0.25) is 0 Å². The SMILES string of the molecule is CC[C@H](C)NC(=O)COC(=O)c1cc(-c2ccco2)nc2ccccc12. The zero-order valence-corrected chi connectivity index (χ0v) is 14.7. The van der Waals surface area contributed by atoms with Crippen LogP contribution in [0.25, 0.3) is 22.4 Å². The summed E-state index contributed by atoms with van der Waals surface area (Å²) in [4.78, 5) is 29.0. The number of esters is 1. The highest BCUT2D eigenvalue weighted by Crippen LogP contribution is 2.25. The van der Waals surface area contributed by atoms with E-state index in [0.717, 1.165) is 6.42 Å². The van der Waals surface area contributed by atoms with E-state index in [2.05, 4.69) is 10.3 Å². The van der Waals surface area contributed by atoms with E-state index in [-0.39, 0.29) is 18.6 Å². The molecule has 0 fully saturated rings. The van der Waals surface area contributed by atoms with Gasteiger partial charge in [-0.15, -0.1) is 0 Å². The van der Waals surface area contributed by atoms with Crippen LogP contribution in [0.5, 0.6) is 0 Å². The summed E-state index contributed by atoms with van der Waals surface area (Å²) in [6.07, 6.45) is 2.35. The lowest BCUT2D eigenvalue weighted by Crippen LogP contribution is -2.35. The van der Waals surface area contributed by atoms with E-state index in [1.54, 1.807) is 30.5 Å². The van der Waals surface area contributed by atoms with Crippen LogP contribution >= 0.6 is 0 Å². The van der Waals surface area contributed by atoms with E-state index in [4.69, 9.17) is 9.15 Å². The van der Waals surface area contributed by atoms with Gasteiger partial charge in [0.2, 0.25) is 0 Å². The molecule has 3 aromatic rings. The zero-order valence-electron chi connectivity index (χ0n) is 14.7. The molecule has 0 saturated heterocycles. The third-order valence-electron chi connectivity index (χ3n) is 4.06. The van der Waals surface area contributed by atoms with E-state index < -0.39 is 5.97 Å². The Balaban J connectivity index is 1.86.